The third-order valence-electron chi connectivity index (χ3n) is 2.77. The molecule has 0 aliphatic heterocycles. The molecule has 0 fully saturated rings. The standard InChI is InChI=1S/C14H12BrN3O/c1-14(2,8-16)13(19)18-11-5-3-4-9-6-10(15)7-17-12(9)11/h3-7H,1-2H3,(H,18,19). The van der Waals surface area contributed by atoms with Crippen LogP contribution in [0.1, 0.15) is 13.8 Å². The highest BCUT2D eigenvalue weighted by Gasteiger charge is 2.27. The Hall–Kier alpha value is -1.93. The van der Waals surface area contributed by atoms with E-state index in [1.54, 1.807) is 26.1 Å². The van der Waals surface area contributed by atoms with Crippen molar-refractivity contribution in [2.75, 3.05) is 5.32 Å². The highest BCUT2D eigenvalue weighted by molar-refractivity contribution is 9.10. The number of halogens is 1. The summed E-state index contributed by atoms with van der Waals surface area (Å²) in [6.07, 6.45) is 1.67. The van der Waals surface area contributed by atoms with E-state index in [1.165, 1.54) is 0 Å². The van der Waals surface area contributed by atoms with E-state index in [0.29, 0.717) is 11.2 Å². The predicted molar refractivity (Wildman–Crippen MR) is 77.5 cm³/mol. The van der Waals surface area contributed by atoms with E-state index in [0.717, 1.165) is 9.86 Å². The lowest BCUT2D eigenvalue weighted by molar-refractivity contribution is -0.121. The number of amides is 1. The summed E-state index contributed by atoms with van der Waals surface area (Å²) in [4.78, 5) is 16.3. The molecule has 0 radical (unpaired) electrons. The smallest absolute Gasteiger partial charge is 0.244 e. The van der Waals surface area contributed by atoms with Crippen LogP contribution in [0.3, 0.4) is 0 Å². The van der Waals surface area contributed by atoms with Crippen LogP contribution >= 0.6 is 15.9 Å². The second kappa shape index (κ2) is 4.98. The van der Waals surface area contributed by atoms with Crippen molar-refractivity contribution in [3.8, 4) is 6.07 Å². The Bertz CT molecular complexity index is 689. The van der Waals surface area contributed by atoms with Gasteiger partial charge in [-0.05, 0) is 41.9 Å². The normalized spacial score (nSPS) is 11.1. The van der Waals surface area contributed by atoms with Gasteiger partial charge in [-0.25, -0.2) is 0 Å². The molecule has 0 saturated carbocycles. The molecule has 0 aliphatic carbocycles. The number of hydrogen-bond acceptors (Lipinski definition) is 3. The number of aromatic nitrogens is 1. The van der Waals surface area contributed by atoms with Gasteiger partial charge in [0.05, 0.1) is 17.3 Å². The van der Waals surface area contributed by atoms with Gasteiger partial charge in [-0.3, -0.25) is 9.78 Å². The average molecular weight is 318 g/mol. The number of para-hydroxylation sites is 1. The van der Waals surface area contributed by atoms with Crippen molar-refractivity contribution in [1.29, 1.82) is 5.26 Å². The number of anilines is 1. The molecular weight excluding hydrogens is 306 g/mol. The van der Waals surface area contributed by atoms with E-state index in [4.69, 9.17) is 5.26 Å². The molecule has 0 atom stereocenters. The third kappa shape index (κ3) is 2.74. The van der Waals surface area contributed by atoms with Crippen LogP contribution in [0.5, 0.6) is 0 Å². The Morgan fingerprint density at radius 1 is 1.47 bits per heavy atom. The summed E-state index contributed by atoms with van der Waals surface area (Å²) < 4.78 is 0.876. The van der Waals surface area contributed by atoms with Crippen molar-refractivity contribution in [3.05, 3.63) is 34.9 Å². The Labute approximate surface area is 119 Å². The molecule has 1 heterocycles. The maximum Gasteiger partial charge on any atom is 0.244 e. The van der Waals surface area contributed by atoms with Gasteiger partial charge in [-0.2, -0.15) is 5.26 Å². The first-order valence-corrected chi connectivity index (χ1v) is 6.50. The van der Waals surface area contributed by atoms with Gasteiger partial charge in [-0.1, -0.05) is 12.1 Å². The van der Waals surface area contributed by atoms with Crippen molar-refractivity contribution < 1.29 is 4.79 Å². The predicted octanol–water partition coefficient (Wildman–Crippen LogP) is 3.49. The molecule has 2 rings (SSSR count). The van der Waals surface area contributed by atoms with E-state index in [2.05, 4.69) is 26.2 Å². The highest BCUT2D eigenvalue weighted by atomic mass is 79.9. The monoisotopic (exact) mass is 317 g/mol. The van der Waals surface area contributed by atoms with Gasteiger partial charge >= 0.3 is 0 Å². The molecule has 1 N–H and O–H groups in total. The highest BCUT2D eigenvalue weighted by Crippen LogP contribution is 2.25. The number of fused-ring (bicyclic) bond motifs is 1. The fourth-order valence-electron chi connectivity index (χ4n) is 1.56. The average Bonchev–Trinajstić information content (AvgIpc) is 2.38. The first-order chi connectivity index (χ1) is 8.94. The fraction of sp³-hybridized carbons (Fsp3) is 0.214. The molecule has 5 heteroatoms. The van der Waals surface area contributed by atoms with Gasteiger partial charge in [-0.15, -0.1) is 0 Å². The fourth-order valence-corrected chi connectivity index (χ4v) is 1.91. The third-order valence-corrected chi connectivity index (χ3v) is 3.21. The van der Waals surface area contributed by atoms with Crippen LogP contribution in [0, 0.1) is 16.7 Å². The van der Waals surface area contributed by atoms with E-state index in [-0.39, 0.29) is 5.91 Å². The van der Waals surface area contributed by atoms with Crippen molar-refractivity contribution in [3.63, 3.8) is 0 Å². The number of pyridine rings is 1. The molecule has 1 aromatic carbocycles. The largest absolute Gasteiger partial charge is 0.323 e. The number of nitriles is 1. The van der Waals surface area contributed by atoms with Crippen molar-refractivity contribution >= 4 is 38.4 Å². The quantitative estimate of drug-likeness (QED) is 0.922. The molecule has 2 aromatic rings. The van der Waals surface area contributed by atoms with Crippen LogP contribution in [0.15, 0.2) is 34.9 Å². The summed E-state index contributed by atoms with van der Waals surface area (Å²) in [5.74, 6) is -0.341. The minimum Gasteiger partial charge on any atom is -0.323 e. The zero-order valence-corrected chi connectivity index (χ0v) is 12.2. The van der Waals surface area contributed by atoms with Gasteiger partial charge in [0.15, 0.2) is 0 Å². The SMILES string of the molecule is CC(C)(C#N)C(=O)Nc1cccc2cc(Br)cnc12. The Balaban J connectivity index is 2.42. The van der Waals surface area contributed by atoms with Crippen LogP contribution in [0.25, 0.3) is 10.9 Å². The first kappa shape index (κ1) is 13.5. The Morgan fingerprint density at radius 3 is 2.89 bits per heavy atom. The number of hydrogen-bond donors (Lipinski definition) is 1. The lowest BCUT2D eigenvalue weighted by Crippen LogP contribution is -2.29. The maximum atomic E-state index is 12.0. The molecule has 1 aromatic heterocycles. The summed E-state index contributed by atoms with van der Waals surface area (Å²) >= 11 is 3.36. The van der Waals surface area contributed by atoms with Crippen LogP contribution < -0.4 is 5.32 Å². The van der Waals surface area contributed by atoms with Crippen LogP contribution in [-0.2, 0) is 4.79 Å². The molecular formula is C14H12BrN3O. The molecule has 0 saturated heterocycles. The minimum atomic E-state index is -1.07. The Morgan fingerprint density at radius 2 is 2.21 bits per heavy atom. The van der Waals surface area contributed by atoms with Crippen LogP contribution in [0.4, 0.5) is 5.69 Å². The molecule has 0 aliphatic rings. The second-order valence-electron chi connectivity index (χ2n) is 4.72. The van der Waals surface area contributed by atoms with Crippen molar-refractivity contribution in [2.45, 2.75) is 13.8 Å². The molecule has 1 amide bonds. The Kier molecular flexibility index (Phi) is 3.54. The van der Waals surface area contributed by atoms with E-state index < -0.39 is 5.41 Å². The minimum absolute atomic E-state index is 0.341. The summed E-state index contributed by atoms with van der Waals surface area (Å²) in [5, 5.41) is 12.6. The van der Waals surface area contributed by atoms with Gasteiger partial charge in [0.2, 0.25) is 5.91 Å². The molecule has 4 nitrogen and oxygen atoms in total. The molecule has 19 heavy (non-hydrogen) atoms. The van der Waals surface area contributed by atoms with Crippen LogP contribution in [-0.4, -0.2) is 10.9 Å². The second-order valence-corrected chi connectivity index (χ2v) is 5.64. The molecule has 96 valence electrons. The summed E-state index contributed by atoms with van der Waals surface area (Å²) in [6.45, 7) is 3.16. The molecule has 0 bridgehead atoms. The molecule has 0 spiro atoms. The number of benzene rings is 1. The number of nitrogens with zero attached hydrogens (tertiary/aromatic N) is 2. The zero-order valence-electron chi connectivity index (χ0n) is 10.6. The lowest BCUT2D eigenvalue weighted by Gasteiger charge is -2.15. The number of carbonyl (C=O) groups excluding carboxylic acids is 1. The summed E-state index contributed by atoms with van der Waals surface area (Å²) in [5.41, 5.74) is 0.239. The zero-order chi connectivity index (χ0) is 14.0. The molecule has 0 unspecified atom stereocenters. The number of rotatable bonds is 2. The van der Waals surface area contributed by atoms with Crippen molar-refractivity contribution in [2.24, 2.45) is 5.41 Å². The van der Waals surface area contributed by atoms with E-state index in [9.17, 15) is 4.79 Å². The van der Waals surface area contributed by atoms with Crippen molar-refractivity contribution in [1.82, 2.24) is 4.98 Å². The number of nitrogens with one attached hydrogen (secondary N) is 1. The van der Waals surface area contributed by atoms with E-state index in [1.807, 2.05) is 24.3 Å². The van der Waals surface area contributed by atoms with Gasteiger partial charge in [0, 0.05) is 16.1 Å². The summed E-state index contributed by atoms with van der Waals surface area (Å²) in [6, 6.07) is 9.43. The summed E-state index contributed by atoms with van der Waals surface area (Å²) in [7, 11) is 0. The van der Waals surface area contributed by atoms with Gasteiger partial charge < -0.3 is 5.32 Å². The first-order valence-electron chi connectivity index (χ1n) is 5.71. The van der Waals surface area contributed by atoms with E-state index >= 15 is 0 Å². The topological polar surface area (TPSA) is 65.8 Å². The number of carbonyl (C=O) groups is 1. The van der Waals surface area contributed by atoms with Crippen LogP contribution in [0.2, 0.25) is 0 Å². The lowest BCUT2D eigenvalue weighted by atomic mass is 9.94. The van der Waals surface area contributed by atoms with Gasteiger partial charge in [0.1, 0.15) is 5.41 Å². The van der Waals surface area contributed by atoms with Gasteiger partial charge in [0.25, 0.3) is 0 Å². The maximum absolute atomic E-state index is 12.0.